The molecule has 0 saturated carbocycles. The van der Waals surface area contributed by atoms with Crippen LogP contribution in [0.15, 0.2) is 24.3 Å². The molecule has 0 saturated heterocycles. The van der Waals surface area contributed by atoms with Gasteiger partial charge >= 0.3 is 5.97 Å². The Balaban J connectivity index is 2.37. The van der Waals surface area contributed by atoms with Gasteiger partial charge in [0.15, 0.2) is 6.92 Å². The monoisotopic (exact) mass is 177 g/mol. The minimum atomic E-state index is -0.466. The third-order valence-electron chi connectivity index (χ3n) is 1.77. The van der Waals surface area contributed by atoms with Gasteiger partial charge in [-0.25, -0.2) is 0 Å². The van der Waals surface area contributed by atoms with E-state index >= 15 is 0 Å². The van der Waals surface area contributed by atoms with Crippen LogP contribution in [-0.4, -0.2) is 12.6 Å². The van der Waals surface area contributed by atoms with E-state index in [9.17, 15) is 4.79 Å². The van der Waals surface area contributed by atoms with Crippen molar-refractivity contribution in [2.45, 2.75) is 13.3 Å². The zero-order chi connectivity index (χ0) is 9.68. The van der Waals surface area contributed by atoms with Gasteiger partial charge in [0.1, 0.15) is 0 Å². The third kappa shape index (κ3) is 3.65. The maximum absolute atomic E-state index is 10.4. The molecule has 0 aromatic heterocycles. The molecule has 0 aliphatic carbocycles. The Labute approximate surface area is 78.5 Å². The van der Waals surface area contributed by atoms with Gasteiger partial charge in [-0.2, -0.15) is 4.79 Å². The van der Waals surface area contributed by atoms with Crippen molar-refractivity contribution in [3.05, 3.63) is 42.3 Å². The van der Waals surface area contributed by atoms with Crippen LogP contribution < -0.4 is 0 Å². The molecule has 2 nitrogen and oxygen atoms in total. The Morgan fingerprint density at radius 2 is 2.00 bits per heavy atom. The number of carbonyl (C=O) groups is 1. The molecule has 0 fully saturated rings. The number of rotatable bonds is 3. The molecule has 2 heteroatoms. The van der Waals surface area contributed by atoms with Crippen LogP contribution in [0, 0.1) is 13.8 Å². The fourth-order valence-electron chi connectivity index (χ4n) is 1.04. The van der Waals surface area contributed by atoms with Gasteiger partial charge in [0.05, 0.1) is 6.61 Å². The largest absolute Gasteiger partial charge is 0.493 e. The molecule has 1 aromatic rings. The van der Waals surface area contributed by atoms with Crippen molar-refractivity contribution in [2.24, 2.45) is 0 Å². The molecule has 1 aromatic carbocycles. The zero-order valence-corrected chi connectivity index (χ0v) is 7.75. The summed E-state index contributed by atoms with van der Waals surface area (Å²) in [6.07, 6.45) is 0.752. The van der Waals surface area contributed by atoms with Gasteiger partial charge in [0.2, 0.25) is 0 Å². The highest BCUT2D eigenvalue weighted by atomic mass is 16.5. The van der Waals surface area contributed by atoms with Crippen LogP contribution in [0.4, 0.5) is 0 Å². The van der Waals surface area contributed by atoms with E-state index in [4.69, 9.17) is 4.74 Å². The first kappa shape index (κ1) is 9.65. The van der Waals surface area contributed by atoms with Crippen molar-refractivity contribution in [1.29, 1.82) is 0 Å². The number of esters is 1. The Morgan fingerprint density at radius 1 is 1.38 bits per heavy atom. The standard InChI is InChI=1S/C11H13O2/c1-9-3-5-11(6-4-9)7-8-13-10(2)12/h3-6H,2,7-8H2,1H3/q+1. The molecule has 0 radical (unpaired) electrons. The molecule has 0 atom stereocenters. The summed E-state index contributed by atoms with van der Waals surface area (Å²) in [7, 11) is 0. The predicted octanol–water partition coefficient (Wildman–Crippen LogP) is 1.91. The summed E-state index contributed by atoms with van der Waals surface area (Å²) < 4.78 is 4.73. The summed E-state index contributed by atoms with van der Waals surface area (Å²) in [5.74, 6) is -0.466. The van der Waals surface area contributed by atoms with Gasteiger partial charge in [0.25, 0.3) is 0 Å². The first-order valence-corrected chi connectivity index (χ1v) is 4.23. The SMILES string of the molecule is [CH2+]C(=O)OCCc1ccc(C)cc1. The number of ether oxygens (including phenoxy) is 1. The summed E-state index contributed by atoms with van der Waals surface area (Å²) in [5.41, 5.74) is 2.41. The van der Waals surface area contributed by atoms with E-state index in [0.29, 0.717) is 6.61 Å². The lowest BCUT2D eigenvalue weighted by molar-refractivity contribution is -0.137. The lowest BCUT2D eigenvalue weighted by Gasteiger charge is -2.00. The lowest BCUT2D eigenvalue weighted by Crippen LogP contribution is -2.03. The topological polar surface area (TPSA) is 26.3 Å². The minimum absolute atomic E-state index is 0.408. The summed E-state index contributed by atoms with van der Waals surface area (Å²) >= 11 is 0. The van der Waals surface area contributed by atoms with Crippen molar-refractivity contribution in [3.63, 3.8) is 0 Å². The molecule has 0 bridgehead atoms. The summed E-state index contributed by atoms with van der Waals surface area (Å²) in [6.45, 7) is 5.57. The predicted molar refractivity (Wildman–Crippen MR) is 51.2 cm³/mol. The number of hydrogen-bond acceptors (Lipinski definition) is 2. The summed E-state index contributed by atoms with van der Waals surface area (Å²) in [6, 6.07) is 8.15. The molecule has 0 N–H and O–H groups in total. The van der Waals surface area contributed by atoms with Gasteiger partial charge in [-0.15, -0.1) is 0 Å². The van der Waals surface area contributed by atoms with Crippen molar-refractivity contribution >= 4 is 5.97 Å². The number of carbonyl (C=O) groups excluding carboxylic acids is 1. The van der Waals surface area contributed by atoms with Crippen LogP contribution in [0.2, 0.25) is 0 Å². The van der Waals surface area contributed by atoms with E-state index in [1.807, 2.05) is 31.2 Å². The summed E-state index contributed by atoms with van der Waals surface area (Å²) in [5, 5.41) is 0. The molecule has 13 heavy (non-hydrogen) atoms. The second kappa shape index (κ2) is 4.55. The quantitative estimate of drug-likeness (QED) is 0.520. The maximum atomic E-state index is 10.4. The smallest absolute Gasteiger partial charge is 0.430 e. The number of aryl methyl sites for hydroxylation is 1. The van der Waals surface area contributed by atoms with Gasteiger partial charge < -0.3 is 4.74 Å². The van der Waals surface area contributed by atoms with Crippen molar-refractivity contribution in [1.82, 2.24) is 0 Å². The van der Waals surface area contributed by atoms with Crippen LogP contribution in [0.5, 0.6) is 0 Å². The Morgan fingerprint density at radius 3 is 2.54 bits per heavy atom. The second-order valence-electron chi connectivity index (χ2n) is 2.96. The fraction of sp³-hybridized carbons (Fsp3) is 0.273. The van der Waals surface area contributed by atoms with Crippen LogP contribution >= 0.6 is 0 Å². The van der Waals surface area contributed by atoms with Crippen LogP contribution in [0.1, 0.15) is 11.1 Å². The van der Waals surface area contributed by atoms with Gasteiger partial charge in [-0.05, 0) is 12.5 Å². The van der Waals surface area contributed by atoms with Crippen LogP contribution in [-0.2, 0) is 16.0 Å². The lowest BCUT2D eigenvalue weighted by atomic mass is 10.1. The molecular formula is C11H13O2+. The molecule has 0 spiro atoms. The van der Waals surface area contributed by atoms with E-state index in [1.165, 1.54) is 11.1 Å². The molecule has 0 heterocycles. The van der Waals surface area contributed by atoms with Crippen LogP contribution in [0.25, 0.3) is 0 Å². The highest BCUT2D eigenvalue weighted by Gasteiger charge is 2.00. The minimum Gasteiger partial charge on any atom is -0.430 e. The van der Waals surface area contributed by atoms with E-state index in [1.54, 1.807) is 0 Å². The van der Waals surface area contributed by atoms with Crippen molar-refractivity contribution in [2.75, 3.05) is 6.61 Å². The average molecular weight is 177 g/mol. The normalized spacial score (nSPS) is 9.62. The summed E-state index contributed by atoms with van der Waals surface area (Å²) in [4.78, 5) is 10.4. The number of hydrogen-bond donors (Lipinski definition) is 0. The number of benzene rings is 1. The first-order chi connectivity index (χ1) is 6.18. The zero-order valence-electron chi connectivity index (χ0n) is 7.75. The van der Waals surface area contributed by atoms with Crippen LogP contribution in [0.3, 0.4) is 0 Å². The molecule has 0 unspecified atom stereocenters. The molecular weight excluding hydrogens is 164 g/mol. The van der Waals surface area contributed by atoms with E-state index in [-0.39, 0.29) is 0 Å². The Bertz CT molecular complexity index is 275. The van der Waals surface area contributed by atoms with Crippen molar-refractivity contribution in [3.8, 4) is 0 Å². The van der Waals surface area contributed by atoms with Gasteiger partial charge in [0, 0.05) is 6.42 Å². The highest BCUT2D eigenvalue weighted by Crippen LogP contribution is 2.03. The van der Waals surface area contributed by atoms with Gasteiger partial charge in [-0.3, -0.25) is 0 Å². The fourth-order valence-corrected chi connectivity index (χ4v) is 1.04. The first-order valence-electron chi connectivity index (χ1n) is 4.23. The van der Waals surface area contributed by atoms with Crippen molar-refractivity contribution < 1.29 is 9.53 Å². The van der Waals surface area contributed by atoms with E-state index in [0.717, 1.165) is 6.42 Å². The molecule has 0 aliphatic rings. The van der Waals surface area contributed by atoms with E-state index in [2.05, 4.69) is 6.92 Å². The molecule has 0 aliphatic heterocycles. The maximum Gasteiger partial charge on any atom is 0.493 e. The van der Waals surface area contributed by atoms with E-state index < -0.39 is 5.97 Å². The van der Waals surface area contributed by atoms with Gasteiger partial charge in [-0.1, -0.05) is 29.8 Å². The third-order valence-corrected chi connectivity index (χ3v) is 1.77. The second-order valence-corrected chi connectivity index (χ2v) is 2.96. The Kier molecular flexibility index (Phi) is 3.38. The highest BCUT2D eigenvalue weighted by molar-refractivity contribution is 5.73. The molecule has 68 valence electrons. The molecule has 0 amide bonds. The average Bonchev–Trinajstić information content (AvgIpc) is 2.08. The molecule has 1 rings (SSSR count). The Hall–Kier alpha value is -1.44.